The topological polar surface area (TPSA) is 20.2 Å². The van der Waals surface area contributed by atoms with Crippen LogP contribution in [0.15, 0.2) is 42.5 Å². The Kier molecular flexibility index (Phi) is 5.16. The number of benzene rings is 2. The molecule has 0 saturated heterocycles. The molecule has 0 aliphatic rings. The number of halogens is 2. The molecule has 2 aromatic rings. The minimum Gasteiger partial charge on any atom is -0.393 e. The van der Waals surface area contributed by atoms with Crippen molar-refractivity contribution >= 4 is 11.6 Å². The van der Waals surface area contributed by atoms with Gasteiger partial charge in [0, 0.05) is 0 Å². The lowest BCUT2D eigenvalue weighted by Gasteiger charge is -2.11. The Morgan fingerprint density at radius 2 is 1.95 bits per heavy atom. The number of aliphatic hydroxyl groups excluding tert-OH is 1. The third-order valence-electron chi connectivity index (χ3n) is 3.30. The van der Waals surface area contributed by atoms with Gasteiger partial charge in [0.05, 0.1) is 11.1 Å². The van der Waals surface area contributed by atoms with Crippen LogP contribution in [0.3, 0.4) is 0 Å². The normalized spacial score (nSPS) is 12.4. The first kappa shape index (κ1) is 15.0. The molecule has 106 valence electrons. The van der Waals surface area contributed by atoms with Crippen LogP contribution in [-0.2, 0) is 12.8 Å². The maximum Gasteiger partial charge on any atom is 0.142 e. The highest BCUT2D eigenvalue weighted by molar-refractivity contribution is 6.30. The maximum atomic E-state index is 13.3. The summed E-state index contributed by atoms with van der Waals surface area (Å²) < 4.78 is 13.3. The first-order chi connectivity index (χ1) is 9.54. The van der Waals surface area contributed by atoms with Gasteiger partial charge in [0.1, 0.15) is 5.82 Å². The molecule has 0 aliphatic carbocycles. The first-order valence-corrected chi connectivity index (χ1v) is 7.10. The second-order valence-corrected chi connectivity index (χ2v) is 5.54. The Hall–Kier alpha value is -1.38. The third-order valence-corrected chi connectivity index (χ3v) is 3.61. The van der Waals surface area contributed by atoms with Crippen LogP contribution in [0, 0.1) is 12.7 Å². The molecule has 1 nitrogen and oxygen atoms in total. The van der Waals surface area contributed by atoms with Gasteiger partial charge >= 0.3 is 0 Å². The minimum atomic E-state index is -0.476. The second-order valence-electron chi connectivity index (χ2n) is 5.13. The number of hydrogen-bond acceptors (Lipinski definition) is 1. The van der Waals surface area contributed by atoms with Crippen molar-refractivity contribution in [2.75, 3.05) is 0 Å². The van der Waals surface area contributed by atoms with Crippen LogP contribution in [0.5, 0.6) is 0 Å². The van der Waals surface area contributed by atoms with E-state index < -0.39 is 11.9 Å². The Morgan fingerprint density at radius 1 is 1.15 bits per heavy atom. The average molecular weight is 293 g/mol. The van der Waals surface area contributed by atoms with E-state index in [1.165, 1.54) is 23.3 Å². The monoisotopic (exact) mass is 292 g/mol. The molecule has 1 atom stereocenters. The van der Waals surface area contributed by atoms with Gasteiger partial charge < -0.3 is 5.11 Å². The lowest BCUT2D eigenvalue weighted by atomic mass is 10.0. The van der Waals surface area contributed by atoms with Crippen LogP contribution in [0.2, 0.25) is 5.02 Å². The van der Waals surface area contributed by atoms with Crippen molar-refractivity contribution in [1.82, 2.24) is 0 Å². The molecule has 0 radical (unpaired) electrons. The van der Waals surface area contributed by atoms with E-state index in [0.717, 1.165) is 12.0 Å². The van der Waals surface area contributed by atoms with Crippen molar-refractivity contribution in [3.8, 4) is 0 Å². The van der Waals surface area contributed by atoms with Crippen LogP contribution in [-0.4, -0.2) is 11.2 Å². The summed E-state index contributed by atoms with van der Waals surface area (Å²) in [5, 5.41) is 10.2. The molecule has 1 N–H and O–H groups in total. The van der Waals surface area contributed by atoms with Gasteiger partial charge in [-0.15, -0.1) is 0 Å². The fraction of sp³-hybridized carbons (Fsp3) is 0.294. The molecule has 20 heavy (non-hydrogen) atoms. The summed E-state index contributed by atoms with van der Waals surface area (Å²) in [6, 6.07) is 12.9. The predicted molar refractivity (Wildman–Crippen MR) is 80.6 cm³/mol. The molecule has 0 heterocycles. The summed E-state index contributed by atoms with van der Waals surface area (Å²) >= 11 is 5.64. The zero-order chi connectivity index (χ0) is 14.5. The van der Waals surface area contributed by atoms with E-state index in [4.69, 9.17) is 11.6 Å². The van der Waals surface area contributed by atoms with Gasteiger partial charge in [0.25, 0.3) is 0 Å². The molecule has 0 aromatic heterocycles. The zero-order valence-electron chi connectivity index (χ0n) is 11.4. The smallest absolute Gasteiger partial charge is 0.142 e. The van der Waals surface area contributed by atoms with Crippen LogP contribution in [0.25, 0.3) is 0 Å². The number of aliphatic hydroxyl groups is 1. The quantitative estimate of drug-likeness (QED) is 0.870. The molecule has 3 heteroatoms. The van der Waals surface area contributed by atoms with Crippen molar-refractivity contribution in [1.29, 1.82) is 0 Å². The second kappa shape index (κ2) is 6.87. The van der Waals surface area contributed by atoms with Gasteiger partial charge in [0.15, 0.2) is 0 Å². The van der Waals surface area contributed by atoms with Crippen molar-refractivity contribution < 1.29 is 9.50 Å². The molecule has 0 amide bonds. The Morgan fingerprint density at radius 3 is 2.65 bits per heavy atom. The van der Waals surface area contributed by atoms with E-state index in [0.29, 0.717) is 12.8 Å². The fourth-order valence-electron chi connectivity index (χ4n) is 2.24. The Bertz CT molecular complexity index is 583. The lowest BCUT2D eigenvalue weighted by Crippen LogP contribution is -2.11. The molecule has 2 rings (SSSR count). The molecule has 1 unspecified atom stereocenters. The van der Waals surface area contributed by atoms with E-state index in [2.05, 4.69) is 25.1 Å². The molecule has 0 spiro atoms. The summed E-state index contributed by atoms with van der Waals surface area (Å²) in [7, 11) is 0. The summed E-state index contributed by atoms with van der Waals surface area (Å²) in [6.07, 6.45) is 1.45. The van der Waals surface area contributed by atoms with E-state index in [9.17, 15) is 9.50 Å². The predicted octanol–water partition coefficient (Wildman–Crippen LogP) is 4.32. The van der Waals surface area contributed by atoms with Gasteiger partial charge in [-0.25, -0.2) is 4.39 Å². The molecule has 0 bridgehead atoms. The van der Waals surface area contributed by atoms with Gasteiger partial charge in [-0.2, -0.15) is 0 Å². The van der Waals surface area contributed by atoms with Gasteiger partial charge in [-0.3, -0.25) is 0 Å². The van der Waals surface area contributed by atoms with Gasteiger partial charge in [-0.05, 0) is 49.4 Å². The minimum absolute atomic E-state index is 0.114. The first-order valence-electron chi connectivity index (χ1n) is 6.72. The molecular formula is C17H18ClFO. The van der Waals surface area contributed by atoms with Crippen LogP contribution >= 0.6 is 11.6 Å². The van der Waals surface area contributed by atoms with Crippen LogP contribution in [0.4, 0.5) is 4.39 Å². The lowest BCUT2D eigenvalue weighted by molar-refractivity contribution is 0.165. The SMILES string of the molecule is Cc1cccc(CCC(O)Cc2ccc(Cl)c(F)c2)c1. The Balaban J connectivity index is 1.89. The van der Waals surface area contributed by atoms with E-state index in [1.54, 1.807) is 6.07 Å². The van der Waals surface area contributed by atoms with Crippen LogP contribution < -0.4 is 0 Å². The molecule has 0 saturated carbocycles. The number of rotatable bonds is 5. The van der Waals surface area contributed by atoms with Crippen molar-refractivity contribution in [2.45, 2.75) is 32.3 Å². The van der Waals surface area contributed by atoms with Crippen molar-refractivity contribution in [2.24, 2.45) is 0 Å². The van der Waals surface area contributed by atoms with Crippen molar-refractivity contribution in [3.05, 3.63) is 70.0 Å². The summed E-state index contributed by atoms with van der Waals surface area (Å²) in [5.41, 5.74) is 3.20. The van der Waals surface area contributed by atoms with E-state index in [-0.39, 0.29) is 5.02 Å². The van der Waals surface area contributed by atoms with Crippen LogP contribution in [0.1, 0.15) is 23.1 Å². The average Bonchev–Trinajstić information content (AvgIpc) is 2.41. The zero-order valence-corrected chi connectivity index (χ0v) is 12.2. The van der Waals surface area contributed by atoms with Gasteiger partial charge in [0.2, 0.25) is 0 Å². The summed E-state index contributed by atoms with van der Waals surface area (Å²) in [5.74, 6) is -0.435. The molecule has 2 aromatic carbocycles. The fourth-order valence-corrected chi connectivity index (χ4v) is 2.36. The largest absolute Gasteiger partial charge is 0.393 e. The number of aryl methyl sites for hydroxylation is 2. The third kappa shape index (κ3) is 4.32. The van der Waals surface area contributed by atoms with E-state index in [1.807, 2.05) is 6.07 Å². The standard InChI is InChI=1S/C17H18ClFO/c1-12-3-2-4-13(9-12)5-7-15(20)10-14-6-8-16(18)17(19)11-14/h2-4,6,8-9,11,15,20H,5,7,10H2,1H3. The molecule has 0 aliphatic heterocycles. The maximum absolute atomic E-state index is 13.3. The molecular weight excluding hydrogens is 275 g/mol. The highest BCUT2D eigenvalue weighted by atomic mass is 35.5. The highest BCUT2D eigenvalue weighted by Gasteiger charge is 2.08. The highest BCUT2D eigenvalue weighted by Crippen LogP contribution is 2.17. The Labute approximate surface area is 124 Å². The molecule has 0 fully saturated rings. The van der Waals surface area contributed by atoms with Crippen molar-refractivity contribution in [3.63, 3.8) is 0 Å². The summed E-state index contributed by atoms with van der Waals surface area (Å²) in [6.45, 7) is 2.05. The number of hydrogen-bond donors (Lipinski definition) is 1. The van der Waals surface area contributed by atoms with E-state index >= 15 is 0 Å². The summed E-state index contributed by atoms with van der Waals surface area (Å²) in [4.78, 5) is 0. The van der Waals surface area contributed by atoms with Gasteiger partial charge in [-0.1, -0.05) is 47.5 Å².